The highest BCUT2D eigenvalue weighted by Gasteiger charge is 2.12. The van der Waals surface area contributed by atoms with Crippen LogP contribution in [0.3, 0.4) is 0 Å². The van der Waals surface area contributed by atoms with E-state index in [0.717, 1.165) is 4.41 Å². The van der Waals surface area contributed by atoms with Crippen molar-refractivity contribution in [1.82, 2.24) is 5.43 Å². The number of carbonyl (C=O) groups excluding carboxylic acids is 1. The van der Waals surface area contributed by atoms with E-state index in [9.17, 15) is 9.00 Å². The summed E-state index contributed by atoms with van der Waals surface area (Å²) in [4.78, 5) is 10.7. The fraction of sp³-hybridized carbons (Fsp3) is 0.125. The molecule has 0 spiro atoms. The molecule has 0 aliphatic heterocycles. The maximum absolute atomic E-state index is 10.9. The first-order valence-corrected chi connectivity index (χ1v) is 4.91. The fourth-order valence-corrected chi connectivity index (χ4v) is 1.41. The number of hydrogen-bond donors (Lipinski definition) is 2. The van der Waals surface area contributed by atoms with Gasteiger partial charge < -0.3 is 0 Å². The van der Waals surface area contributed by atoms with Gasteiger partial charge in [-0.2, -0.15) is 4.41 Å². The highest BCUT2D eigenvalue weighted by molar-refractivity contribution is 7.80. The van der Waals surface area contributed by atoms with E-state index in [1.54, 1.807) is 30.3 Å². The first kappa shape index (κ1) is 10.7. The van der Waals surface area contributed by atoms with Gasteiger partial charge in [-0.1, -0.05) is 18.2 Å². The maximum Gasteiger partial charge on any atom is 0.281 e. The third kappa shape index (κ3) is 2.82. The van der Waals surface area contributed by atoms with Crippen LogP contribution in [0.2, 0.25) is 0 Å². The van der Waals surface area contributed by atoms with Gasteiger partial charge >= 0.3 is 0 Å². The van der Waals surface area contributed by atoms with Crippen LogP contribution in [0.1, 0.15) is 6.92 Å². The number of hydrazine groups is 1. The molecule has 0 saturated carbocycles. The summed E-state index contributed by atoms with van der Waals surface area (Å²) in [5.41, 5.74) is 2.69. The van der Waals surface area contributed by atoms with Gasteiger partial charge in [0.15, 0.2) is 0 Å². The largest absolute Gasteiger partial charge is 0.288 e. The summed E-state index contributed by atoms with van der Waals surface area (Å²) in [5, 5.41) is 0. The van der Waals surface area contributed by atoms with Crippen molar-refractivity contribution >= 4 is 22.9 Å². The van der Waals surface area contributed by atoms with Crippen molar-refractivity contribution in [2.45, 2.75) is 6.92 Å². The summed E-state index contributed by atoms with van der Waals surface area (Å²) in [6.45, 7) is 1.27. The minimum atomic E-state index is -2.27. The number of anilines is 1. The molecule has 1 rings (SSSR count). The van der Waals surface area contributed by atoms with Crippen LogP contribution in [0.15, 0.2) is 30.3 Å². The molecule has 5 nitrogen and oxygen atoms in total. The van der Waals surface area contributed by atoms with Gasteiger partial charge in [0.2, 0.25) is 5.91 Å². The average molecular weight is 214 g/mol. The Balaban J connectivity index is 2.89. The number of rotatable bonds is 3. The molecule has 1 unspecified atom stereocenters. The zero-order valence-electron chi connectivity index (χ0n) is 7.51. The van der Waals surface area contributed by atoms with Gasteiger partial charge in [-0.05, 0) is 12.1 Å². The zero-order chi connectivity index (χ0) is 10.6. The first-order valence-electron chi connectivity index (χ1n) is 3.84. The molecular weight excluding hydrogens is 204 g/mol. The quantitative estimate of drug-likeness (QED) is 0.574. The monoisotopic (exact) mass is 214 g/mol. The molecule has 0 aliphatic carbocycles. The zero-order valence-corrected chi connectivity index (χ0v) is 8.32. The lowest BCUT2D eigenvalue weighted by Crippen LogP contribution is -2.42. The normalized spacial score (nSPS) is 11.9. The van der Waals surface area contributed by atoms with Crippen LogP contribution in [-0.4, -0.2) is 14.7 Å². The van der Waals surface area contributed by atoms with Crippen LogP contribution in [0.25, 0.3) is 0 Å². The van der Waals surface area contributed by atoms with Gasteiger partial charge in [0.1, 0.15) is 0 Å². The maximum atomic E-state index is 10.9. The smallest absolute Gasteiger partial charge is 0.281 e. The Labute approximate surface area is 84.1 Å². The number of nitrogens with one attached hydrogen (secondary N) is 1. The third-order valence-corrected chi connectivity index (χ3v) is 2.02. The molecule has 14 heavy (non-hydrogen) atoms. The molecule has 6 heteroatoms. The Morgan fingerprint density at radius 1 is 1.43 bits per heavy atom. The molecule has 1 amide bonds. The standard InChI is InChI=1S/C8H10N2O3S/c1-7(11)9-10(14(12)13)8-5-3-2-4-6-8/h2-6H,1H3,(H,9,11)(H,12,13). The van der Waals surface area contributed by atoms with Crippen molar-refractivity contribution in [2.24, 2.45) is 0 Å². The first-order chi connectivity index (χ1) is 6.61. The van der Waals surface area contributed by atoms with E-state index in [0.29, 0.717) is 5.69 Å². The number of hydrogen-bond acceptors (Lipinski definition) is 2. The highest BCUT2D eigenvalue weighted by atomic mass is 32.2. The van der Waals surface area contributed by atoms with E-state index in [1.165, 1.54) is 6.92 Å². The van der Waals surface area contributed by atoms with Crippen molar-refractivity contribution in [3.8, 4) is 0 Å². The summed E-state index contributed by atoms with van der Waals surface area (Å²) in [6.07, 6.45) is 0. The molecule has 0 fully saturated rings. The molecule has 0 aliphatic rings. The lowest BCUT2D eigenvalue weighted by molar-refractivity contribution is -0.118. The van der Waals surface area contributed by atoms with Crippen LogP contribution in [0, 0.1) is 0 Å². The van der Waals surface area contributed by atoms with E-state index < -0.39 is 17.2 Å². The molecule has 0 aromatic heterocycles. The third-order valence-electron chi connectivity index (χ3n) is 1.41. The van der Waals surface area contributed by atoms with E-state index >= 15 is 0 Å². The van der Waals surface area contributed by atoms with Gasteiger partial charge in [0, 0.05) is 6.92 Å². The average Bonchev–Trinajstić information content (AvgIpc) is 2.15. The Morgan fingerprint density at radius 3 is 2.43 bits per heavy atom. The molecule has 0 heterocycles. The summed E-state index contributed by atoms with van der Waals surface area (Å²) in [5.74, 6) is -0.406. The SMILES string of the molecule is CC(=O)NN(c1ccccc1)S(=O)O. The second kappa shape index (κ2) is 4.73. The van der Waals surface area contributed by atoms with Crippen molar-refractivity contribution in [2.75, 3.05) is 4.41 Å². The number of benzene rings is 1. The Kier molecular flexibility index (Phi) is 3.61. The van der Waals surface area contributed by atoms with E-state index in [2.05, 4.69) is 5.43 Å². The summed E-state index contributed by atoms with van der Waals surface area (Å²) >= 11 is -2.27. The number of nitrogens with zero attached hydrogens (tertiary/aromatic N) is 1. The lowest BCUT2D eigenvalue weighted by Gasteiger charge is -2.19. The Bertz CT molecular complexity index is 342. The predicted molar refractivity (Wildman–Crippen MR) is 53.5 cm³/mol. The van der Waals surface area contributed by atoms with E-state index in [4.69, 9.17) is 4.55 Å². The van der Waals surface area contributed by atoms with Gasteiger partial charge in [0.05, 0.1) is 5.69 Å². The number of amides is 1. The second-order valence-corrected chi connectivity index (χ2v) is 3.36. The van der Waals surface area contributed by atoms with E-state index in [-0.39, 0.29) is 0 Å². The van der Waals surface area contributed by atoms with Gasteiger partial charge in [0.25, 0.3) is 11.3 Å². The van der Waals surface area contributed by atoms with Crippen LogP contribution >= 0.6 is 0 Å². The number of carbonyl (C=O) groups is 1. The van der Waals surface area contributed by atoms with Crippen molar-refractivity contribution in [3.63, 3.8) is 0 Å². The van der Waals surface area contributed by atoms with Crippen LogP contribution in [-0.2, 0) is 16.1 Å². The number of para-hydroxylation sites is 1. The molecular formula is C8H10N2O3S. The lowest BCUT2D eigenvalue weighted by atomic mass is 10.3. The van der Waals surface area contributed by atoms with Gasteiger partial charge in [-0.15, -0.1) is 0 Å². The van der Waals surface area contributed by atoms with Crippen molar-refractivity contribution < 1.29 is 13.6 Å². The summed E-state index contributed by atoms with van der Waals surface area (Å²) < 4.78 is 20.6. The topological polar surface area (TPSA) is 69.6 Å². The molecule has 2 N–H and O–H groups in total. The molecule has 0 bridgehead atoms. The second-order valence-electron chi connectivity index (χ2n) is 2.53. The Hall–Kier alpha value is -1.40. The van der Waals surface area contributed by atoms with Gasteiger partial charge in [-0.3, -0.25) is 14.8 Å². The Morgan fingerprint density at radius 2 is 2.00 bits per heavy atom. The van der Waals surface area contributed by atoms with Crippen molar-refractivity contribution in [3.05, 3.63) is 30.3 Å². The fourth-order valence-electron chi connectivity index (χ4n) is 0.900. The predicted octanol–water partition coefficient (Wildman–Crippen LogP) is 0.681. The molecule has 76 valence electrons. The van der Waals surface area contributed by atoms with Gasteiger partial charge in [-0.25, -0.2) is 4.21 Å². The molecule has 0 saturated heterocycles. The minimum Gasteiger partial charge on any atom is -0.288 e. The minimum absolute atomic E-state index is 0.406. The molecule has 1 aromatic carbocycles. The van der Waals surface area contributed by atoms with Crippen LogP contribution in [0.4, 0.5) is 5.69 Å². The van der Waals surface area contributed by atoms with Crippen molar-refractivity contribution in [1.29, 1.82) is 0 Å². The molecule has 1 atom stereocenters. The van der Waals surface area contributed by atoms with E-state index in [1.807, 2.05) is 0 Å². The highest BCUT2D eigenvalue weighted by Crippen LogP contribution is 2.11. The van der Waals surface area contributed by atoms with Crippen LogP contribution < -0.4 is 9.84 Å². The molecule has 0 radical (unpaired) electrons. The molecule has 1 aromatic rings. The summed E-state index contributed by atoms with van der Waals surface area (Å²) in [6, 6.07) is 8.41. The van der Waals surface area contributed by atoms with Crippen LogP contribution in [0.5, 0.6) is 0 Å². The summed E-state index contributed by atoms with van der Waals surface area (Å²) in [7, 11) is 0.